The second kappa shape index (κ2) is 6.94. The van der Waals surface area contributed by atoms with Gasteiger partial charge in [-0.2, -0.15) is 0 Å². The van der Waals surface area contributed by atoms with Crippen molar-refractivity contribution in [2.75, 3.05) is 6.54 Å². The molecule has 4 heteroatoms. The fraction of sp³-hybridized carbons (Fsp3) is 0.316. The van der Waals surface area contributed by atoms with Crippen LogP contribution < -0.4 is 5.73 Å². The summed E-state index contributed by atoms with van der Waals surface area (Å²) in [5.74, 6) is -0.407. The maximum atomic E-state index is 11.1. The number of aliphatic hydroxyl groups excluding tert-OH is 1. The maximum absolute atomic E-state index is 11.1. The zero-order chi connectivity index (χ0) is 16.2. The molecule has 0 spiro atoms. The first-order valence-electron chi connectivity index (χ1n) is 7.99. The predicted molar refractivity (Wildman–Crippen MR) is 89.8 cm³/mol. The minimum Gasteiger partial charge on any atom is -0.387 e. The summed E-state index contributed by atoms with van der Waals surface area (Å²) in [6.07, 6.45) is 1.88. The van der Waals surface area contributed by atoms with E-state index in [1.807, 2.05) is 42.5 Å². The van der Waals surface area contributed by atoms with Crippen LogP contribution in [0.15, 0.2) is 54.6 Å². The van der Waals surface area contributed by atoms with Crippen LogP contribution in [0.5, 0.6) is 0 Å². The molecule has 1 fully saturated rings. The van der Waals surface area contributed by atoms with E-state index in [9.17, 15) is 9.90 Å². The van der Waals surface area contributed by atoms with Crippen molar-refractivity contribution in [3.8, 4) is 0 Å². The lowest BCUT2D eigenvalue weighted by molar-refractivity contribution is 0.100. The zero-order valence-corrected chi connectivity index (χ0v) is 13.1. The lowest BCUT2D eigenvalue weighted by Gasteiger charge is -2.25. The van der Waals surface area contributed by atoms with Crippen LogP contribution in [0.1, 0.15) is 40.4 Å². The molecule has 1 aliphatic carbocycles. The number of hydrogen-bond donors (Lipinski definition) is 2. The summed E-state index contributed by atoms with van der Waals surface area (Å²) in [4.78, 5) is 13.5. The van der Waals surface area contributed by atoms with E-state index in [1.54, 1.807) is 12.1 Å². The molecule has 3 rings (SSSR count). The molecule has 1 atom stereocenters. The van der Waals surface area contributed by atoms with Crippen molar-refractivity contribution in [1.29, 1.82) is 0 Å². The van der Waals surface area contributed by atoms with Gasteiger partial charge in [0.05, 0.1) is 6.10 Å². The van der Waals surface area contributed by atoms with Crippen LogP contribution in [-0.2, 0) is 6.54 Å². The maximum Gasteiger partial charge on any atom is 0.248 e. The van der Waals surface area contributed by atoms with Crippen LogP contribution >= 0.6 is 0 Å². The Morgan fingerprint density at radius 2 is 1.78 bits per heavy atom. The molecule has 2 aromatic carbocycles. The number of aliphatic hydroxyl groups is 1. The summed E-state index contributed by atoms with van der Waals surface area (Å²) in [7, 11) is 0. The third kappa shape index (κ3) is 4.18. The number of carbonyl (C=O) groups is 1. The third-order valence-corrected chi connectivity index (χ3v) is 4.28. The molecule has 120 valence electrons. The van der Waals surface area contributed by atoms with E-state index in [-0.39, 0.29) is 0 Å². The SMILES string of the molecule is NC(=O)c1ccc(CN(C[C@@H](O)c2ccccc2)C2CC2)cc1. The summed E-state index contributed by atoms with van der Waals surface area (Å²) in [5, 5.41) is 10.5. The Hall–Kier alpha value is -2.17. The molecule has 0 bridgehead atoms. The highest BCUT2D eigenvalue weighted by Gasteiger charge is 2.30. The molecule has 0 aromatic heterocycles. The van der Waals surface area contributed by atoms with Crippen LogP contribution in [0, 0.1) is 0 Å². The van der Waals surface area contributed by atoms with Gasteiger partial charge in [0.2, 0.25) is 5.91 Å². The summed E-state index contributed by atoms with van der Waals surface area (Å²) >= 11 is 0. The van der Waals surface area contributed by atoms with Crippen LogP contribution in [0.4, 0.5) is 0 Å². The first-order valence-corrected chi connectivity index (χ1v) is 7.99. The number of carbonyl (C=O) groups excluding carboxylic acids is 1. The second-order valence-corrected chi connectivity index (χ2v) is 6.15. The van der Waals surface area contributed by atoms with Crippen molar-refractivity contribution in [2.24, 2.45) is 5.73 Å². The Bertz CT molecular complexity index is 651. The number of hydrogen-bond acceptors (Lipinski definition) is 3. The Labute approximate surface area is 136 Å². The van der Waals surface area contributed by atoms with Crippen molar-refractivity contribution in [1.82, 2.24) is 4.90 Å². The van der Waals surface area contributed by atoms with Gasteiger partial charge in [-0.15, -0.1) is 0 Å². The van der Waals surface area contributed by atoms with Crippen LogP contribution in [0.25, 0.3) is 0 Å². The molecule has 0 aliphatic heterocycles. The molecule has 23 heavy (non-hydrogen) atoms. The molecule has 0 heterocycles. The molecule has 0 unspecified atom stereocenters. The van der Waals surface area contributed by atoms with Crippen LogP contribution in [0.2, 0.25) is 0 Å². The Morgan fingerprint density at radius 1 is 1.13 bits per heavy atom. The van der Waals surface area contributed by atoms with E-state index in [2.05, 4.69) is 4.90 Å². The van der Waals surface area contributed by atoms with E-state index in [1.165, 1.54) is 12.8 Å². The molecule has 1 saturated carbocycles. The van der Waals surface area contributed by atoms with Gasteiger partial charge in [0.25, 0.3) is 0 Å². The van der Waals surface area contributed by atoms with Gasteiger partial charge in [0.15, 0.2) is 0 Å². The lowest BCUT2D eigenvalue weighted by Crippen LogP contribution is -2.30. The van der Waals surface area contributed by atoms with Crippen LogP contribution in [0.3, 0.4) is 0 Å². The van der Waals surface area contributed by atoms with Gasteiger partial charge < -0.3 is 10.8 Å². The fourth-order valence-corrected chi connectivity index (χ4v) is 2.79. The molecule has 1 aliphatic rings. The number of benzene rings is 2. The van der Waals surface area contributed by atoms with Gasteiger partial charge in [0, 0.05) is 24.7 Å². The molecule has 1 amide bonds. The van der Waals surface area contributed by atoms with Gasteiger partial charge in [-0.3, -0.25) is 9.69 Å². The largest absolute Gasteiger partial charge is 0.387 e. The number of amides is 1. The minimum absolute atomic E-state index is 0.407. The summed E-state index contributed by atoms with van der Waals surface area (Å²) in [6.45, 7) is 1.39. The van der Waals surface area contributed by atoms with Crippen molar-refractivity contribution in [3.63, 3.8) is 0 Å². The molecule has 3 N–H and O–H groups in total. The highest BCUT2D eigenvalue weighted by atomic mass is 16.3. The topological polar surface area (TPSA) is 66.6 Å². The normalized spacial score (nSPS) is 15.6. The summed E-state index contributed by atoms with van der Waals surface area (Å²) < 4.78 is 0. The van der Waals surface area contributed by atoms with Gasteiger partial charge >= 0.3 is 0 Å². The van der Waals surface area contributed by atoms with Gasteiger partial charge in [-0.25, -0.2) is 0 Å². The highest BCUT2D eigenvalue weighted by molar-refractivity contribution is 5.92. The van der Waals surface area contributed by atoms with E-state index in [0.29, 0.717) is 18.2 Å². The summed E-state index contributed by atoms with van der Waals surface area (Å²) in [5.41, 5.74) is 7.87. The van der Waals surface area contributed by atoms with Gasteiger partial charge in [-0.05, 0) is 36.1 Å². The minimum atomic E-state index is -0.485. The van der Waals surface area contributed by atoms with Crippen molar-refractivity contribution in [2.45, 2.75) is 31.5 Å². The third-order valence-electron chi connectivity index (χ3n) is 4.28. The number of rotatable bonds is 7. The van der Waals surface area contributed by atoms with E-state index in [0.717, 1.165) is 17.7 Å². The lowest BCUT2D eigenvalue weighted by atomic mass is 10.1. The first kappa shape index (κ1) is 15.7. The number of primary amides is 1. The summed E-state index contributed by atoms with van der Waals surface area (Å²) in [6, 6.07) is 17.7. The Balaban J connectivity index is 1.66. The second-order valence-electron chi connectivity index (χ2n) is 6.15. The quantitative estimate of drug-likeness (QED) is 0.825. The van der Waals surface area contributed by atoms with Crippen molar-refractivity contribution in [3.05, 3.63) is 71.3 Å². The molecular weight excluding hydrogens is 288 g/mol. The zero-order valence-electron chi connectivity index (χ0n) is 13.1. The van der Waals surface area contributed by atoms with Crippen LogP contribution in [-0.4, -0.2) is 28.5 Å². The average molecular weight is 310 g/mol. The molecule has 0 saturated heterocycles. The Kier molecular flexibility index (Phi) is 4.74. The number of nitrogens with zero attached hydrogens (tertiary/aromatic N) is 1. The average Bonchev–Trinajstić information content (AvgIpc) is 3.40. The van der Waals surface area contributed by atoms with E-state index >= 15 is 0 Å². The standard InChI is InChI=1S/C19H22N2O2/c20-19(23)16-8-6-14(7-9-16)12-21(17-10-11-17)13-18(22)15-4-2-1-3-5-15/h1-9,17-18,22H,10-13H2,(H2,20,23)/t18-/m1/s1. The monoisotopic (exact) mass is 310 g/mol. The Morgan fingerprint density at radius 3 is 2.35 bits per heavy atom. The highest BCUT2D eigenvalue weighted by Crippen LogP contribution is 2.30. The molecule has 2 aromatic rings. The molecular formula is C19H22N2O2. The smallest absolute Gasteiger partial charge is 0.248 e. The first-order chi connectivity index (χ1) is 11.1. The van der Waals surface area contributed by atoms with Gasteiger partial charge in [-0.1, -0.05) is 42.5 Å². The van der Waals surface area contributed by atoms with E-state index in [4.69, 9.17) is 5.73 Å². The van der Waals surface area contributed by atoms with Crippen molar-refractivity contribution >= 4 is 5.91 Å². The van der Waals surface area contributed by atoms with Crippen molar-refractivity contribution < 1.29 is 9.90 Å². The number of nitrogens with two attached hydrogens (primary N) is 1. The predicted octanol–water partition coefficient (Wildman–Crippen LogP) is 2.48. The van der Waals surface area contributed by atoms with E-state index < -0.39 is 12.0 Å². The molecule has 0 radical (unpaired) electrons. The fourth-order valence-electron chi connectivity index (χ4n) is 2.79. The van der Waals surface area contributed by atoms with Gasteiger partial charge in [0.1, 0.15) is 0 Å². The molecule has 4 nitrogen and oxygen atoms in total.